The van der Waals surface area contributed by atoms with Crippen LogP contribution in [-0.2, 0) is 6.54 Å². The molecule has 0 fully saturated rings. The molecular formula is C14H14ClN. The van der Waals surface area contributed by atoms with Crippen molar-refractivity contribution in [3.63, 3.8) is 0 Å². The van der Waals surface area contributed by atoms with Crippen LogP contribution in [0.4, 0.5) is 0 Å². The summed E-state index contributed by atoms with van der Waals surface area (Å²) in [4.78, 5) is 0. The third-order valence-electron chi connectivity index (χ3n) is 2.41. The first-order chi connectivity index (χ1) is 7.40. The van der Waals surface area contributed by atoms with E-state index in [4.69, 9.17) is 0 Å². The number of hydrogen-bond acceptors (Lipinski definition) is 0. The summed E-state index contributed by atoms with van der Waals surface area (Å²) in [5.41, 5.74) is 2.50. The highest BCUT2D eigenvalue weighted by atomic mass is 35.5. The summed E-state index contributed by atoms with van der Waals surface area (Å²) in [6.45, 7) is 4.72. The Morgan fingerprint density at radius 3 is 2.38 bits per heavy atom. The van der Waals surface area contributed by atoms with Crippen molar-refractivity contribution in [1.82, 2.24) is 0 Å². The smallest absolute Gasteiger partial charge is 0.174 e. The fourth-order valence-electron chi connectivity index (χ4n) is 1.61. The van der Waals surface area contributed by atoms with Gasteiger partial charge >= 0.3 is 0 Å². The van der Waals surface area contributed by atoms with Gasteiger partial charge in [0.25, 0.3) is 0 Å². The second-order valence-electron chi connectivity index (χ2n) is 3.45. The molecule has 0 N–H and O–H groups in total. The van der Waals surface area contributed by atoms with Gasteiger partial charge < -0.3 is 12.4 Å². The summed E-state index contributed by atoms with van der Waals surface area (Å²) < 4.78 is 2.16. The highest BCUT2D eigenvalue weighted by Gasteiger charge is 2.03. The van der Waals surface area contributed by atoms with Gasteiger partial charge in [0.2, 0.25) is 0 Å². The lowest BCUT2D eigenvalue weighted by atomic mass is 10.1. The van der Waals surface area contributed by atoms with Gasteiger partial charge in [0, 0.05) is 17.7 Å². The van der Waals surface area contributed by atoms with Crippen molar-refractivity contribution < 1.29 is 17.0 Å². The zero-order chi connectivity index (χ0) is 10.5. The Kier molecular flexibility index (Phi) is 4.74. The summed E-state index contributed by atoms with van der Waals surface area (Å²) in [5.74, 6) is 0. The van der Waals surface area contributed by atoms with Gasteiger partial charge in [-0.3, -0.25) is 0 Å². The summed E-state index contributed by atoms with van der Waals surface area (Å²) in [6, 6.07) is 14.4. The van der Waals surface area contributed by atoms with E-state index in [1.165, 1.54) is 11.1 Å². The lowest BCUT2D eigenvalue weighted by Crippen LogP contribution is -3.00. The van der Waals surface area contributed by atoms with Gasteiger partial charge in [-0.2, -0.15) is 0 Å². The minimum atomic E-state index is 0. The van der Waals surface area contributed by atoms with E-state index in [1.807, 2.05) is 30.3 Å². The van der Waals surface area contributed by atoms with Crippen LogP contribution >= 0.6 is 0 Å². The van der Waals surface area contributed by atoms with Crippen molar-refractivity contribution in [2.45, 2.75) is 6.54 Å². The standard InChI is InChI=1S/C14H14N.ClH/c1-2-13-8-4-5-9-14(13)12-15-10-6-3-7-11-15;/h2-11H,1,12H2;1H/q+1;/p-1. The lowest BCUT2D eigenvalue weighted by Gasteiger charge is -2.01. The summed E-state index contributed by atoms with van der Waals surface area (Å²) in [7, 11) is 0. The van der Waals surface area contributed by atoms with E-state index < -0.39 is 0 Å². The van der Waals surface area contributed by atoms with Crippen molar-refractivity contribution in [1.29, 1.82) is 0 Å². The molecule has 1 nitrogen and oxygen atoms in total. The monoisotopic (exact) mass is 231 g/mol. The summed E-state index contributed by atoms with van der Waals surface area (Å²) in [6.07, 6.45) is 6.04. The maximum absolute atomic E-state index is 3.82. The van der Waals surface area contributed by atoms with Crippen molar-refractivity contribution in [3.05, 3.63) is 72.6 Å². The molecule has 0 aliphatic heterocycles. The first kappa shape index (κ1) is 12.5. The number of rotatable bonds is 3. The third-order valence-corrected chi connectivity index (χ3v) is 2.41. The number of pyridine rings is 1. The van der Waals surface area contributed by atoms with E-state index >= 15 is 0 Å². The Morgan fingerprint density at radius 1 is 1.00 bits per heavy atom. The quantitative estimate of drug-likeness (QED) is 0.637. The van der Waals surface area contributed by atoms with Crippen LogP contribution in [0, 0.1) is 0 Å². The van der Waals surface area contributed by atoms with E-state index in [-0.39, 0.29) is 12.4 Å². The SMILES string of the molecule is C=Cc1ccccc1C[n+]1ccccc1.[Cl-]. The van der Waals surface area contributed by atoms with Crippen molar-refractivity contribution >= 4 is 6.08 Å². The van der Waals surface area contributed by atoms with Gasteiger partial charge in [-0.05, 0) is 5.56 Å². The zero-order valence-corrected chi connectivity index (χ0v) is 9.77. The molecule has 16 heavy (non-hydrogen) atoms. The second kappa shape index (κ2) is 6.09. The molecule has 2 rings (SSSR count). The largest absolute Gasteiger partial charge is 1.00 e. The number of aromatic nitrogens is 1. The maximum atomic E-state index is 3.82. The van der Waals surface area contributed by atoms with Crippen molar-refractivity contribution in [3.8, 4) is 0 Å². The van der Waals surface area contributed by atoms with Gasteiger partial charge in [-0.15, -0.1) is 0 Å². The molecule has 0 bridgehead atoms. The fraction of sp³-hybridized carbons (Fsp3) is 0.0714. The van der Waals surface area contributed by atoms with E-state index in [2.05, 4.69) is 41.7 Å². The van der Waals surface area contributed by atoms with Gasteiger partial charge in [0.05, 0.1) is 0 Å². The second-order valence-corrected chi connectivity index (χ2v) is 3.45. The molecule has 0 saturated heterocycles. The molecule has 0 aliphatic rings. The highest BCUT2D eigenvalue weighted by Crippen LogP contribution is 2.09. The number of benzene rings is 1. The van der Waals surface area contributed by atoms with Gasteiger partial charge in [-0.1, -0.05) is 43.0 Å². The summed E-state index contributed by atoms with van der Waals surface area (Å²) in [5, 5.41) is 0. The van der Waals surface area contributed by atoms with E-state index in [0.717, 1.165) is 6.54 Å². The van der Waals surface area contributed by atoms with Crippen LogP contribution < -0.4 is 17.0 Å². The molecule has 0 aliphatic carbocycles. The Morgan fingerprint density at radius 2 is 1.69 bits per heavy atom. The molecule has 1 aromatic heterocycles. The van der Waals surface area contributed by atoms with Crippen LogP contribution in [0.5, 0.6) is 0 Å². The number of nitrogens with zero attached hydrogens (tertiary/aromatic N) is 1. The zero-order valence-electron chi connectivity index (χ0n) is 9.01. The molecule has 1 aromatic carbocycles. The normalized spacial score (nSPS) is 9.25. The molecule has 0 radical (unpaired) electrons. The predicted octanol–water partition coefficient (Wildman–Crippen LogP) is -0.331. The average Bonchev–Trinajstić information content (AvgIpc) is 2.31. The molecule has 0 spiro atoms. The average molecular weight is 232 g/mol. The molecule has 0 atom stereocenters. The van der Waals surface area contributed by atoms with Crippen LogP contribution in [-0.4, -0.2) is 0 Å². The van der Waals surface area contributed by atoms with Crippen LogP contribution in [0.2, 0.25) is 0 Å². The number of halogens is 1. The molecule has 2 aromatic rings. The van der Waals surface area contributed by atoms with Crippen molar-refractivity contribution in [2.24, 2.45) is 0 Å². The van der Waals surface area contributed by atoms with Crippen LogP contribution in [0.25, 0.3) is 6.08 Å². The molecule has 0 saturated carbocycles. The Bertz CT molecular complexity index is 451. The van der Waals surface area contributed by atoms with Gasteiger partial charge in [0.15, 0.2) is 18.9 Å². The third kappa shape index (κ3) is 2.94. The summed E-state index contributed by atoms with van der Waals surface area (Å²) >= 11 is 0. The number of hydrogen-bond donors (Lipinski definition) is 0. The Hall–Kier alpha value is -1.60. The van der Waals surface area contributed by atoms with Crippen LogP contribution in [0.3, 0.4) is 0 Å². The lowest BCUT2D eigenvalue weighted by molar-refractivity contribution is -0.688. The predicted molar refractivity (Wildman–Crippen MR) is 62.3 cm³/mol. The van der Waals surface area contributed by atoms with Crippen LogP contribution in [0.15, 0.2) is 61.4 Å². The van der Waals surface area contributed by atoms with Gasteiger partial charge in [-0.25, -0.2) is 4.57 Å². The molecule has 0 unspecified atom stereocenters. The topological polar surface area (TPSA) is 3.88 Å². The molecular weight excluding hydrogens is 218 g/mol. The Balaban J connectivity index is 0.00000128. The maximum Gasteiger partial charge on any atom is 0.174 e. The Labute approximate surface area is 102 Å². The molecule has 2 heteroatoms. The fourth-order valence-corrected chi connectivity index (χ4v) is 1.61. The van der Waals surface area contributed by atoms with E-state index in [9.17, 15) is 0 Å². The van der Waals surface area contributed by atoms with Gasteiger partial charge in [0.1, 0.15) is 0 Å². The molecule has 0 amide bonds. The molecule has 1 heterocycles. The highest BCUT2D eigenvalue weighted by molar-refractivity contribution is 5.51. The first-order valence-electron chi connectivity index (χ1n) is 5.04. The first-order valence-corrected chi connectivity index (χ1v) is 5.04. The van der Waals surface area contributed by atoms with Crippen LogP contribution in [0.1, 0.15) is 11.1 Å². The van der Waals surface area contributed by atoms with Crippen molar-refractivity contribution in [2.75, 3.05) is 0 Å². The van der Waals surface area contributed by atoms with E-state index in [1.54, 1.807) is 0 Å². The minimum absolute atomic E-state index is 0. The van der Waals surface area contributed by atoms with E-state index in [0.29, 0.717) is 0 Å². The minimum Gasteiger partial charge on any atom is -1.00 e. The molecule has 82 valence electrons.